The molecule has 0 saturated carbocycles. The van der Waals surface area contributed by atoms with Gasteiger partial charge in [-0.1, -0.05) is 35.3 Å². The monoisotopic (exact) mass is 554 g/mol. The van der Waals surface area contributed by atoms with Gasteiger partial charge in [-0.3, -0.25) is 14.5 Å². The molecular weight excluding hydrogens is 531 g/mol. The number of nitrogens with one attached hydrogen (secondary N) is 2. The van der Waals surface area contributed by atoms with Gasteiger partial charge in [0.05, 0.1) is 35.2 Å². The number of ether oxygens (including phenoxy) is 2. The molecule has 3 rings (SSSR count). The summed E-state index contributed by atoms with van der Waals surface area (Å²) in [4.78, 5) is 55.4. The molecule has 2 atom stereocenters. The lowest BCUT2D eigenvalue weighted by Crippen LogP contribution is -2.52. The number of aromatic nitrogens is 1. The van der Waals surface area contributed by atoms with Gasteiger partial charge in [-0.05, 0) is 30.7 Å². The number of esters is 1. The number of amides is 3. The number of thioether (sulfide) groups is 1. The molecule has 2 heterocycles. The van der Waals surface area contributed by atoms with Crippen LogP contribution >= 0.6 is 35.0 Å². The Hall–Kier alpha value is -3.02. The van der Waals surface area contributed by atoms with Gasteiger partial charge in [0.2, 0.25) is 5.91 Å². The van der Waals surface area contributed by atoms with E-state index in [1.807, 2.05) is 0 Å². The molecule has 1 aliphatic heterocycles. The molecule has 0 bridgehead atoms. The van der Waals surface area contributed by atoms with Crippen LogP contribution in [0.3, 0.4) is 0 Å². The molecule has 2 aromatic rings. The van der Waals surface area contributed by atoms with E-state index in [1.54, 1.807) is 37.3 Å². The summed E-state index contributed by atoms with van der Waals surface area (Å²) in [5.74, 6) is -0.725. The average molecular weight is 555 g/mol. The predicted octanol–water partition coefficient (Wildman–Crippen LogP) is 3.37. The first-order valence-corrected chi connectivity index (χ1v) is 12.8. The van der Waals surface area contributed by atoms with Crippen molar-refractivity contribution in [1.82, 2.24) is 15.2 Å². The van der Waals surface area contributed by atoms with Crippen molar-refractivity contribution < 1.29 is 28.7 Å². The maximum absolute atomic E-state index is 12.9. The topological polar surface area (TPSA) is 127 Å². The molecule has 13 heteroatoms. The van der Waals surface area contributed by atoms with Crippen LogP contribution in [0.2, 0.25) is 10.0 Å². The lowest BCUT2D eigenvalue weighted by molar-refractivity contribution is -0.145. The van der Waals surface area contributed by atoms with Crippen molar-refractivity contribution >= 4 is 64.7 Å². The summed E-state index contributed by atoms with van der Waals surface area (Å²) in [7, 11) is 1.22. The Bertz CT molecular complexity index is 1110. The maximum Gasteiger partial charge on any atom is 0.411 e. The minimum atomic E-state index is -1.01. The van der Waals surface area contributed by atoms with Gasteiger partial charge in [0.1, 0.15) is 17.9 Å². The highest BCUT2D eigenvalue weighted by atomic mass is 35.5. The highest BCUT2D eigenvalue weighted by Crippen LogP contribution is 2.25. The Morgan fingerprint density at radius 2 is 1.92 bits per heavy atom. The largest absolute Gasteiger partial charge is 0.467 e. The first kappa shape index (κ1) is 27.6. The van der Waals surface area contributed by atoms with E-state index in [9.17, 15) is 19.2 Å². The van der Waals surface area contributed by atoms with Crippen molar-refractivity contribution in [2.45, 2.75) is 25.4 Å². The second kappa shape index (κ2) is 12.8. The number of methoxy groups -OCH3 is 1. The maximum atomic E-state index is 12.9. The number of nitrogens with zero attached hydrogens (tertiary/aromatic N) is 2. The van der Waals surface area contributed by atoms with E-state index < -0.39 is 36.0 Å². The molecule has 0 spiro atoms. The quantitative estimate of drug-likeness (QED) is 0.475. The molecule has 1 aromatic heterocycles. The molecule has 36 heavy (non-hydrogen) atoms. The molecule has 1 aliphatic rings. The third-order valence-electron chi connectivity index (χ3n) is 5.19. The smallest absolute Gasteiger partial charge is 0.411 e. The number of halogens is 2. The van der Waals surface area contributed by atoms with Gasteiger partial charge in [0, 0.05) is 18.4 Å². The Morgan fingerprint density at radius 3 is 2.53 bits per heavy atom. The fourth-order valence-corrected chi connectivity index (χ4v) is 5.11. The third-order valence-corrected chi connectivity index (χ3v) is 6.83. The molecule has 1 aromatic carbocycles. The van der Waals surface area contributed by atoms with Crippen LogP contribution in [0.5, 0.6) is 0 Å². The van der Waals surface area contributed by atoms with Gasteiger partial charge >= 0.3 is 12.1 Å². The van der Waals surface area contributed by atoms with Crippen molar-refractivity contribution in [1.29, 1.82) is 0 Å². The minimum Gasteiger partial charge on any atom is -0.467 e. The number of anilines is 1. The summed E-state index contributed by atoms with van der Waals surface area (Å²) in [5, 5.41) is 5.69. The van der Waals surface area contributed by atoms with Gasteiger partial charge in [0.15, 0.2) is 0 Å². The zero-order valence-electron chi connectivity index (χ0n) is 19.5. The lowest BCUT2D eigenvalue weighted by Gasteiger charge is -2.24. The zero-order valence-corrected chi connectivity index (χ0v) is 21.8. The van der Waals surface area contributed by atoms with E-state index in [4.69, 9.17) is 32.7 Å². The Balaban J connectivity index is 1.66. The Labute approximate surface area is 222 Å². The van der Waals surface area contributed by atoms with E-state index in [-0.39, 0.29) is 34.5 Å². The van der Waals surface area contributed by atoms with Gasteiger partial charge in [-0.2, -0.15) is 0 Å². The van der Waals surface area contributed by atoms with Gasteiger partial charge in [0.25, 0.3) is 5.91 Å². The van der Waals surface area contributed by atoms with Crippen LogP contribution in [0.15, 0.2) is 36.5 Å². The standard InChI is InChI=1S/C23H24Cl2N4O6S/c1-3-35-23(33)29-12-36-11-17(29)20(30)27-16(22(32)34-2)9-13-7-8-18(26-10-13)28-21(31)19-14(24)5-4-6-15(19)25/h4-8,10,16-17H,3,9,11-12H2,1-2H3,(H,27,30)(H,26,28,31). The van der Waals surface area contributed by atoms with E-state index in [0.29, 0.717) is 17.2 Å². The third kappa shape index (κ3) is 6.80. The molecule has 2 unspecified atom stereocenters. The van der Waals surface area contributed by atoms with Crippen LogP contribution in [0.4, 0.5) is 10.6 Å². The number of pyridine rings is 1. The second-order valence-corrected chi connectivity index (χ2v) is 9.39. The van der Waals surface area contributed by atoms with Crippen LogP contribution in [0.25, 0.3) is 0 Å². The molecule has 1 saturated heterocycles. The predicted molar refractivity (Wildman–Crippen MR) is 136 cm³/mol. The van der Waals surface area contributed by atoms with Crippen LogP contribution in [0, 0.1) is 0 Å². The average Bonchev–Trinajstić information content (AvgIpc) is 3.35. The fourth-order valence-electron chi connectivity index (χ4n) is 3.40. The van der Waals surface area contributed by atoms with Gasteiger partial charge in [-0.25, -0.2) is 14.6 Å². The van der Waals surface area contributed by atoms with Crippen molar-refractivity contribution in [3.05, 3.63) is 57.7 Å². The summed E-state index contributed by atoms with van der Waals surface area (Å²) in [6, 6.07) is 6.15. The summed E-state index contributed by atoms with van der Waals surface area (Å²) >= 11 is 13.6. The Kier molecular flexibility index (Phi) is 9.80. The molecule has 3 amide bonds. The van der Waals surface area contributed by atoms with E-state index in [2.05, 4.69) is 15.6 Å². The number of hydrogen-bond donors (Lipinski definition) is 2. The van der Waals surface area contributed by atoms with Crippen molar-refractivity contribution in [3.8, 4) is 0 Å². The molecular formula is C23H24Cl2N4O6S. The van der Waals surface area contributed by atoms with Crippen molar-refractivity contribution in [2.75, 3.05) is 30.7 Å². The summed E-state index contributed by atoms with van der Waals surface area (Å²) in [6.45, 7) is 1.87. The van der Waals surface area contributed by atoms with Crippen LogP contribution < -0.4 is 10.6 Å². The molecule has 0 aliphatic carbocycles. The number of carbonyl (C=O) groups excluding carboxylic acids is 4. The molecule has 2 N–H and O–H groups in total. The minimum absolute atomic E-state index is 0.0786. The van der Waals surface area contributed by atoms with Crippen LogP contribution in [-0.4, -0.2) is 71.2 Å². The molecule has 10 nitrogen and oxygen atoms in total. The zero-order chi connectivity index (χ0) is 26.2. The first-order valence-electron chi connectivity index (χ1n) is 10.8. The lowest BCUT2D eigenvalue weighted by atomic mass is 10.1. The normalized spacial score (nSPS) is 15.7. The Morgan fingerprint density at radius 1 is 1.19 bits per heavy atom. The van der Waals surface area contributed by atoms with E-state index in [1.165, 1.54) is 30.0 Å². The summed E-state index contributed by atoms with van der Waals surface area (Å²) in [5.41, 5.74) is 0.727. The van der Waals surface area contributed by atoms with Crippen LogP contribution in [0.1, 0.15) is 22.8 Å². The number of hydrogen-bond acceptors (Lipinski definition) is 8. The summed E-state index contributed by atoms with van der Waals surface area (Å²) in [6.07, 6.45) is 0.953. The second-order valence-electron chi connectivity index (χ2n) is 7.58. The summed E-state index contributed by atoms with van der Waals surface area (Å²) < 4.78 is 9.85. The fraction of sp³-hybridized carbons (Fsp3) is 0.348. The van der Waals surface area contributed by atoms with Gasteiger partial charge < -0.3 is 20.1 Å². The van der Waals surface area contributed by atoms with E-state index in [0.717, 1.165) is 0 Å². The molecule has 1 fully saturated rings. The van der Waals surface area contributed by atoms with E-state index >= 15 is 0 Å². The highest BCUT2D eigenvalue weighted by Gasteiger charge is 2.37. The number of rotatable bonds is 8. The molecule has 0 radical (unpaired) electrons. The molecule has 192 valence electrons. The highest BCUT2D eigenvalue weighted by molar-refractivity contribution is 7.99. The number of carbonyl (C=O) groups is 4. The van der Waals surface area contributed by atoms with Gasteiger partial charge in [-0.15, -0.1) is 11.8 Å². The SMILES string of the molecule is CCOC(=O)N1CSCC1C(=O)NC(Cc1ccc(NC(=O)c2c(Cl)cccc2Cl)nc1)C(=O)OC. The van der Waals surface area contributed by atoms with Crippen molar-refractivity contribution in [3.63, 3.8) is 0 Å². The van der Waals surface area contributed by atoms with Crippen molar-refractivity contribution in [2.24, 2.45) is 0 Å². The van der Waals surface area contributed by atoms with Crippen LogP contribution in [-0.2, 0) is 25.5 Å². The number of benzene rings is 1. The first-order chi connectivity index (χ1) is 17.2.